The highest BCUT2D eigenvalue weighted by molar-refractivity contribution is 7.13. The van der Waals surface area contributed by atoms with E-state index in [1.807, 2.05) is 0 Å². The van der Waals surface area contributed by atoms with Gasteiger partial charge in [-0.3, -0.25) is 14.4 Å². The zero-order chi connectivity index (χ0) is 13.8. The van der Waals surface area contributed by atoms with Gasteiger partial charge in [-0.25, -0.2) is 0 Å². The first-order valence-corrected chi connectivity index (χ1v) is 6.46. The quantitative estimate of drug-likeness (QED) is 0.688. The summed E-state index contributed by atoms with van der Waals surface area (Å²) in [5.41, 5.74) is 0.920. The van der Waals surface area contributed by atoms with Gasteiger partial charge in [0.15, 0.2) is 5.78 Å². The minimum Gasteiger partial charge on any atom is -0.319 e. The van der Waals surface area contributed by atoms with Crippen LogP contribution in [0.3, 0.4) is 0 Å². The van der Waals surface area contributed by atoms with Crippen molar-refractivity contribution < 1.29 is 14.4 Å². The lowest BCUT2D eigenvalue weighted by molar-refractivity contribution is -0.112. The minimum atomic E-state index is -0.705. The largest absolute Gasteiger partial charge is 0.319 e. The number of ketones is 2. The molecule has 1 aromatic heterocycles. The Bertz CT molecular complexity index is 632. The lowest BCUT2D eigenvalue weighted by Crippen LogP contribution is -2.22. The van der Waals surface area contributed by atoms with Crippen molar-refractivity contribution in [1.82, 2.24) is 0 Å². The van der Waals surface area contributed by atoms with Crippen molar-refractivity contribution in [2.24, 2.45) is 0 Å². The second-order valence-corrected chi connectivity index (χ2v) is 4.85. The summed E-state index contributed by atoms with van der Waals surface area (Å²) >= 11 is 1.21. The average molecular weight is 273 g/mol. The zero-order valence-corrected chi connectivity index (χ0v) is 11.0. The van der Waals surface area contributed by atoms with Gasteiger partial charge in [-0.15, -0.1) is 11.3 Å². The number of thiophene rings is 1. The fourth-order valence-electron chi connectivity index (χ4n) is 1.52. The third kappa shape index (κ3) is 3.14. The van der Waals surface area contributed by atoms with E-state index in [4.69, 9.17) is 0 Å². The first-order chi connectivity index (χ1) is 9.08. The van der Waals surface area contributed by atoms with Gasteiger partial charge in [0, 0.05) is 11.3 Å². The molecule has 0 aliphatic rings. The Kier molecular flexibility index (Phi) is 3.87. The third-order valence-electron chi connectivity index (χ3n) is 2.48. The number of hydrogen-bond donors (Lipinski definition) is 1. The lowest BCUT2D eigenvalue weighted by Gasteiger charge is -2.04. The van der Waals surface area contributed by atoms with Crippen LogP contribution in [-0.2, 0) is 4.79 Å². The van der Waals surface area contributed by atoms with Gasteiger partial charge in [-0.05, 0) is 30.5 Å². The second-order valence-electron chi connectivity index (χ2n) is 3.90. The molecule has 96 valence electrons. The predicted molar refractivity (Wildman–Crippen MR) is 73.7 cm³/mol. The van der Waals surface area contributed by atoms with E-state index in [0.717, 1.165) is 0 Å². The molecule has 0 fully saturated rings. The van der Waals surface area contributed by atoms with Crippen molar-refractivity contribution in [2.75, 3.05) is 5.32 Å². The topological polar surface area (TPSA) is 63.2 Å². The Labute approximate surface area is 114 Å². The summed E-state index contributed by atoms with van der Waals surface area (Å²) in [5.74, 6) is -1.38. The molecular formula is C14H11NO3S. The van der Waals surface area contributed by atoms with Crippen LogP contribution in [0.5, 0.6) is 0 Å². The molecule has 1 amide bonds. The minimum absolute atomic E-state index is 0.0966. The molecule has 2 aromatic rings. The standard InChI is InChI=1S/C14H11NO3S/c1-9(16)10-4-2-5-11(8-10)15-14(18)13(17)12-6-3-7-19-12/h2-8H,1H3,(H,15,18). The molecular weight excluding hydrogens is 262 g/mol. The van der Waals surface area contributed by atoms with Crippen LogP contribution in [0.15, 0.2) is 41.8 Å². The maximum Gasteiger partial charge on any atom is 0.297 e. The van der Waals surface area contributed by atoms with Crippen LogP contribution >= 0.6 is 11.3 Å². The van der Waals surface area contributed by atoms with Crippen molar-refractivity contribution >= 4 is 34.5 Å². The van der Waals surface area contributed by atoms with E-state index in [1.54, 1.807) is 41.8 Å². The van der Waals surface area contributed by atoms with Gasteiger partial charge in [0.1, 0.15) is 0 Å². The van der Waals surface area contributed by atoms with Crippen LogP contribution in [0, 0.1) is 0 Å². The average Bonchev–Trinajstić information content (AvgIpc) is 2.92. The van der Waals surface area contributed by atoms with Gasteiger partial charge in [0.05, 0.1) is 4.88 Å². The summed E-state index contributed by atoms with van der Waals surface area (Å²) < 4.78 is 0. The number of Topliss-reactive ketones (excluding diaryl/α,β-unsaturated/α-hetero) is 2. The first kappa shape index (κ1) is 13.2. The van der Waals surface area contributed by atoms with Gasteiger partial charge >= 0.3 is 0 Å². The maximum atomic E-state index is 11.8. The fraction of sp³-hybridized carbons (Fsp3) is 0.0714. The molecule has 19 heavy (non-hydrogen) atoms. The van der Waals surface area contributed by atoms with Crippen LogP contribution in [0.25, 0.3) is 0 Å². The summed E-state index contributed by atoms with van der Waals surface area (Å²) in [6.07, 6.45) is 0. The predicted octanol–water partition coefficient (Wildman–Crippen LogP) is 2.77. The number of hydrogen-bond acceptors (Lipinski definition) is 4. The molecule has 0 saturated carbocycles. The molecule has 0 atom stereocenters. The molecule has 0 aliphatic carbocycles. The summed E-state index contributed by atoms with van der Waals surface area (Å²) in [6.45, 7) is 1.44. The maximum absolute atomic E-state index is 11.8. The number of nitrogens with one attached hydrogen (secondary N) is 1. The first-order valence-electron chi connectivity index (χ1n) is 5.58. The van der Waals surface area contributed by atoms with Crippen molar-refractivity contribution in [3.8, 4) is 0 Å². The molecule has 0 spiro atoms. The summed E-state index contributed by atoms with van der Waals surface area (Å²) in [4.78, 5) is 35.1. The number of amides is 1. The van der Waals surface area contributed by atoms with Gasteiger partial charge in [0.25, 0.3) is 11.7 Å². The van der Waals surface area contributed by atoms with E-state index in [1.165, 1.54) is 18.3 Å². The fourth-order valence-corrected chi connectivity index (χ4v) is 2.18. The van der Waals surface area contributed by atoms with Crippen LogP contribution < -0.4 is 5.32 Å². The number of anilines is 1. The van der Waals surface area contributed by atoms with Crippen LogP contribution in [0.1, 0.15) is 27.0 Å². The molecule has 1 N–H and O–H groups in total. The number of rotatable bonds is 4. The van der Waals surface area contributed by atoms with E-state index < -0.39 is 11.7 Å². The number of benzene rings is 1. The zero-order valence-electron chi connectivity index (χ0n) is 10.2. The SMILES string of the molecule is CC(=O)c1cccc(NC(=O)C(=O)c2cccs2)c1. The van der Waals surface area contributed by atoms with E-state index >= 15 is 0 Å². The second kappa shape index (κ2) is 5.58. The highest BCUT2D eigenvalue weighted by atomic mass is 32.1. The van der Waals surface area contributed by atoms with E-state index in [2.05, 4.69) is 5.32 Å². The van der Waals surface area contributed by atoms with Gasteiger partial charge in [-0.1, -0.05) is 18.2 Å². The third-order valence-corrected chi connectivity index (χ3v) is 3.35. The number of carbonyl (C=O) groups excluding carboxylic acids is 3. The molecule has 1 heterocycles. The van der Waals surface area contributed by atoms with E-state index in [0.29, 0.717) is 16.1 Å². The van der Waals surface area contributed by atoms with Gasteiger partial charge < -0.3 is 5.32 Å². The highest BCUT2D eigenvalue weighted by Gasteiger charge is 2.17. The Morgan fingerprint density at radius 3 is 2.53 bits per heavy atom. The molecule has 0 radical (unpaired) electrons. The summed E-state index contributed by atoms with van der Waals surface area (Å²) in [7, 11) is 0. The van der Waals surface area contributed by atoms with Crippen LogP contribution in [0.4, 0.5) is 5.69 Å². The molecule has 4 nitrogen and oxygen atoms in total. The Morgan fingerprint density at radius 1 is 1.11 bits per heavy atom. The number of carbonyl (C=O) groups is 3. The molecule has 0 saturated heterocycles. The molecule has 2 rings (SSSR count). The van der Waals surface area contributed by atoms with Crippen molar-refractivity contribution in [1.29, 1.82) is 0 Å². The molecule has 0 aliphatic heterocycles. The van der Waals surface area contributed by atoms with Crippen LogP contribution in [-0.4, -0.2) is 17.5 Å². The van der Waals surface area contributed by atoms with Crippen molar-refractivity contribution in [3.63, 3.8) is 0 Å². The van der Waals surface area contributed by atoms with E-state index in [9.17, 15) is 14.4 Å². The Balaban J connectivity index is 2.13. The molecule has 1 aromatic carbocycles. The monoisotopic (exact) mass is 273 g/mol. The smallest absolute Gasteiger partial charge is 0.297 e. The lowest BCUT2D eigenvalue weighted by atomic mass is 10.1. The van der Waals surface area contributed by atoms with Gasteiger partial charge in [-0.2, -0.15) is 0 Å². The Hall–Kier alpha value is -2.27. The summed E-state index contributed by atoms with van der Waals surface area (Å²) in [5, 5.41) is 4.22. The van der Waals surface area contributed by atoms with Crippen LogP contribution in [0.2, 0.25) is 0 Å². The Morgan fingerprint density at radius 2 is 1.89 bits per heavy atom. The van der Waals surface area contributed by atoms with Gasteiger partial charge in [0.2, 0.25) is 0 Å². The highest BCUT2D eigenvalue weighted by Crippen LogP contribution is 2.14. The molecule has 0 bridgehead atoms. The summed E-state index contributed by atoms with van der Waals surface area (Å²) in [6, 6.07) is 9.79. The normalized spacial score (nSPS) is 9.95. The molecule has 0 unspecified atom stereocenters. The van der Waals surface area contributed by atoms with Crippen molar-refractivity contribution in [2.45, 2.75) is 6.92 Å². The van der Waals surface area contributed by atoms with E-state index in [-0.39, 0.29) is 5.78 Å². The van der Waals surface area contributed by atoms with Crippen molar-refractivity contribution in [3.05, 3.63) is 52.2 Å². The molecule has 5 heteroatoms.